The highest BCUT2D eigenvalue weighted by Gasteiger charge is 2.25. The first kappa shape index (κ1) is 14.0. The summed E-state index contributed by atoms with van der Waals surface area (Å²) < 4.78 is 39.3. The highest BCUT2D eigenvalue weighted by Crippen LogP contribution is 2.23. The molecule has 0 aliphatic carbocycles. The van der Waals surface area contributed by atoms with Gasteiger partial charge in [0.05, 0.1) is 0 Å². The van der Waals surface area contributed by atoms with Crippen LogP contribution in [0.3, 0.4) is 0 Å². The van der Waals surface area contributed by atoms with Crippen molar-refractivity contribution in [1.29, 1.82) is 0 Å². The predicted molar refractivity (Wildman–Crippen MR) is 73.8 cm³/mol. The zero-order valence-corrected chi connectivity index (χ0v) is 11.8. The van der Waals surface area contributed by atoms with Crippen molar-refractivity contribution in [1.82, 2.24) is 4.31 Å². The molecule has 0 amide bonds. The van der Waals surface area contributed by atoms with Gasteiger partial charge in [-0.05, 0) is 29.6 Å². The average molecular weight is 300 g/mol. The summed E-state index contributed by atoms with van der Waals surface area (Å²) in [6, 6.07) is 7.18. The van der Waals surface area contributed by atoms with E-state index in [2.05, 4.69) is 0 Å². The second kappa shape index (κ2) is 5.28. The maximum absolute atomic E-state index is 13.6. The van der Waals surface area contributed by atoms with Crippen LogP contribution in [0.1, 0.15) is 4.88 Å². The molecular weight excluding hydrogens is 287 g/mol. The summed E-state index contributed by atoms with van der Waals surface area (Å²) in [6.45, 7) is 0.203. The van der Waals surface area contributed by atoms with E-state index in [4.69, 9.17) is 5.73 Å². The smallest absolute Gasteiger partial charge is 0.246 e. The highest BCUT2D eigenvalue weighted by atomic mass is 32.2. The number of thiophene rings is 1. The summed E-state index contributed by atoms with van der Waals surface area (Å²) in [5.74, 6) is -0.799. The minimum absolute atomic E-state index is 0.203. The van der Waals surface area contributed by atoms with Crippen LogP contribution in [0.2, 0.25) is 0 Å². The third-order valence-corrected chi connectivity index (χ3v) is 5.28. The molecule has 0 aliphatic heterocycles. The first-order valence-corrected chi connectivity index (χ1v) is 7.77. The van der Waals surface area contributed by atoms with Crippen molar-refractivity contribution in [2.75, 3.05) is 12.8 Å². The van der Waals surface area contributed by atoms with Gasteiger partial charge in [0.25, 0.3) is 0 Å². The monoisotopic (exact) mass is 300 g/mol. The summed E-state index contributed by atoms with van der Waals surface area (Å²) in [5, 5.41) is 1.86. The predicted octanol–water partition coefficient (Wildman–Crippen LogP) is 2.29. The molecule has 0 aliphatic rings. The SMILES string of the molecule is CN(Cc1cccs1)S(=O)(=O)c1cc(N)ccc1F. The first-order chi connectivity index (χ1) is 8.91. The minimum Gasteiger partial charge on any atom is -0.399 e. The van der Waals surface area contributed by atoms with E-state index >= 15 is 0 Å². The Morgan fingerprint density at radius 3 is 2.74 bits per heavy atom. The molecule has 2 rings (SSSR count). The van der Waals surface area contributed by atoms with Gasteiger partial charge in [-0.15, -0.1) is 11.3 Å². The number of benzene rings is 1. The van der Waals surface area contributed by atoms with Crippen molar-refractivity contribution in [3.63, 3.8) is 0 Å². The van der Waals surface area contributed by atoms with Crippen LogP contribution in [-0.4, -0.2) is 19.8 Å². The van der Waals surface area contributed by atoms with Crippen LogP contribution in [0.5, 0.6) is 0 Å². The lowest BCUT2D eigenvalue weighted by molar-refractivity contribution is 0.462. The van der Waals surface area contributed by atoms with Crippen LogP contribution in [0.25, 0.3) is 0 Å². The van der Waals surface area contributed by atoms with Crippen molar-refractivity contribution in [3.8, 4) is 0 Å². The number of nitrogens with two attached hydrogens (primary N) is 1. The fraction of sp³-hybridized carbons (Fsp3) is 0.167. The molecule has 0 fully saturated rings. The van der Waals surface area contributed by atoms with E-state index in [1.54, 1.807) is 0 Å². The number of anilines is 1. The Kier molecular flexibility index (Phi) is 3.88. The van der Waals surface area contributed by atoms with Gasteiger partial charge in [-0.25, -0.2) is 12.8 Å². The maximum atomic E-state index is 13.6. The molecule has 0 spiro atoms. The molecule has 0 saturated carbocycles. The molecule has 0 saturated heterocycles. The molecule has 0 unspecified atom stereocenters. The first-order valence-electron chi connectivity index (χ1n) is 5.45. The van der Waals surface area contributed by atoms with E-state index in [0.717, 1.165) is 21.3 Å². The topological polar surface area (TPSA) is 63.4 Å². The van der Waals surface area contributed by atoms with Crippen LogP contribution in [0.4, 0.5) is 10.1 Å². The summed E-state index contributed by atoms with van der Waals surface area (Å²) >= 11 is 1.45. The molecule has 1 aromatic carbocycles. The lowest BCUT2D eigenvalue weighted by Crippen LogP contribution is -2.27. The van der Waals surface area contributed by atoms with E-state index in [1.165, 1.54) is 24.5 Å². The average Bonchev–Trinajstić information content (AvgIpc) is 2.85. The van der Waals surface area contributed by atoms with Crippen molar-refractivity contribution in [2.24, 2.45) is 0 Å². The Labute approximate surface area is 115 Å². The fourth-order valence-electron chi connectivity index (χ4n) is 1.59. The van der Waals surface area contributed by atoms with Crippen LogP contribution >= 0.6 is 11.3 Å². The normalized spacial score (nSPS) is 11.9. The van der Waals surface area contributed by atoms with Crippen molar-refractivity contribution < 1.29 is 12.8 Å². The molecule has 4 nitrogen and oxygen atoms in total. The standard InChI is InChI=1S/C12H13FN2O2S2/c1-15(8-10-3-2-6-18-10)19(16,17)12-7-9(14)4-5-11(12)13/h2-7H,8,14H2,1H3. The number of halogens is 1. The summed E-state index contributed by atoms with van der Waals surface area (Å²) in [5.41, 5.74) is 5.73. The highest BCUT2D eigenvalue weighted by molar-refractivity contribution is 7.89. The van der Waals surface area contributed by atoms with Crippen LogP contribution in [0.15, 0.2) is 40.6 Å². The molecule has 1 heterocycles. The zero-order valence-electron chi connectivity index (χ0n) is 10.2. The Hall–Kier alpha value is -1.44. The molecule has 7 heteroatoms. The second-order valence-electron chi connectivity index (χ2n) is 4.03. The van der Waals surface area contributed by atoms with Gasteiger partial charge in [0.2, 0.25) is 10.0 Å². The largest absolute Gasteiger partial charge is 0.399 e. The Balaban J connectivity index is 2.33. The van der Waals surface area contributed by atoms with Gasteiger partial charge in [-0.3, -0.25) is 0 Å². The van der Waals surface area contributed by atoms with E-state index in [0.29, 0.717) is 0 Å². The van der Waals surface area contributed by atoms with Crippen LogP contribution in [0, 0.1) is 5.82 Å². The van der Waals surface area contributed by atoms with Crippen molar-refractivity contribution in [3.05, 3.63) is 46.4 Å². The minimum atomic E-state index is -3.88. The van der Waals surface area contributed by atoms with Gasteiger partial charge in [0.15, 0.2) is 0 Å². The van der Waals surface area contributed by atoms with E-state index in [-0.39, 0.29) is 12.2 Å². The second-order valence-corrected chi connectivity index (χ2v) is 7.08. The number of nitrogens with zero attached hydrogens (tertiary/aromatic N) is 1. The van der Waals surface area contributed by atoms with E-state index < -0.39 is 20.7 Å². The molecular formula is C12H13FN2O2S2. The maximum Gasteiger partial charge on any atom is 0.246 e. The van der Waals surface area contributed by atoms with Crippen molar-refractivity contribution >= 4 is 27.0 Å². The summed E-state index contributed by atoms with van der Waals surface area (Å²) in [4.78, 5) is 0.488. The van der Waals surface area contributed by atoms with E-state index in [1.807, 2.05) is 17.5 Å². The lowest BCUT2D eigenvalue weighted by Gasteiger charge is -2.17. The number of sulfonamides is 1. The van der Waals surface area contributed by atoms with E-state index in [9.17, 15) is 12.8 Å². The van der Waals surface area contributed by atoms with Crippen molar-refractivity contribution in [2.45, 2.75) is 11.4 Å². The number of hydrogen-bond acceptors (Lipinski definition) is 4. The third-order valence-electron chi connectivity index (χ3n) is 2.60. The fourth-order valence-corrected chi connectivity index (χ4v) is 3.68. The number of nitrogen functional groups attached to an aromatic ring is 1. The van der Waals surface area contributed by atoms with Crippen LogP contribution < -0.4 is 5.73 Å². The Morgan fingerprint density at radius 2 is 2.11 bits per heavy atom. The van der Waals surface area contributed by atoms with Gasteiger partial charge < -0.3 is 5.73 Å². The van der Waals surface area contributed by atoms with Gasteiger partial charge in [-0.1, -0.05) is 6.07 Å². The Bertz CT molecular complexity index is 669. The summed E-state index contributed by atoms with van der Waals surface area (Å²) in [7, 11) is -2.47. The number of hydrogen-bond donors (Lipinski definition) is 1. The molecule has 0 radical (unpaired) electrons. The van der Waals surface area contributed by atoms with Gasteiger partial charge in [0, 0.05) is 24.2 Å². The molecule has 0 atom stereocenters. The lowest BCUT2D eigenvalue weighted by atomic mass is 10.3. The molecule has 19 heavy (non-hydrogen) atoms. The molecule has 1 aromatic heterocycles. The molecule has 0 bridgehead atoms. The zero-order chi connectivity index (χ0) is 14.0. The quantitative estimate of drug-likeness (QED) is 0.881. The third kappa shape index (κ3) is 2.94. The summed E-state index contributed by atoms with van der Waals surface area (Å²) in [6.07, 6.45) is 0. The number of rotatable bonds is 4. The molecule has 2 aromatic rings. The van der Waals surface area contributed by atoms with Crippen LogP contribution in [-0.2, 0) is 16.6 Å². The molecule has 102 valence electrons. The Morgan fingerprint density at radius 1 is 1.37 bits per heavy atom. The van der Waals surface area contributed by atoms with Gasteiger partial charge >= 0.3 is 0 Å². The molecule has 2 N–H and O–H groups in total. The van der Waals surface area contributed by atoms with Gasteiger partial charge in [-0.2, -0.15) is 4.31 Å². The van der Waals surface area contributed by atoms with Gasteiger partial charge in [0.1, 0.15) is 10.7 Å².